The lowest BCUT2D eigenvalue weighted by atomic mass is 9.75. The first-order valence-corrected chi connectivity index (χ1v) is 30.1. The van der Waals surface area contributed by atoms with Crippen LogP contribution in [0.3, 0.4) is 0 Å². The number of benzene rings is 10. The van der Waals surface area contributed by atoms with Crippen LogP contribution in [0, 0.1) is 39.5 Å². The molecule has 0 bridgehead atoms. The molecule has 0 saturated carbocycles. The zero-order valence-corrected chi connectivity index (χ0v) is 49.6. The lowest BCUT2D eigenvalue weighted by Gasteiger charge is -2.30. The molecular formula is C83H80. The van der Waals surface area contributed by atoms with Gasteiger partial charge in [0.2, 0.25) is 0 Å². The van der Waals surface area contributed by atoms with Crippen molar-refractivity contribution < 1.29 is 0 Å². The van der Waals surface area contributed by atoms with E-state index in [-0.39, 0.29) is 0 Å². The molecule has 0 radical (unpaired) electrons. The zero-order valence-electron chi connectivity index (χ0n) is 49.6. The van der Waals surface area contributed by atoms with Gasteiger partial charge in [-0.2, -0.15) is 0 Å². The molecule has 0 heteroatoms. The van der Waals surface area contributed by atoms with Crippen LogP contribution in [0.4, 0.5) is 0 Å². The maximum Gasteiger partial charge on any atom is 0.00612 e. The maximum atomic E-state index is 2.50. The predicted octanol–water partition coefficient (Wildman–Crippen LogP) is 22.4. The number of rotatable bonds is 14. The molecule has 0 heterocycles. The fourth-order valence-corrected chi connectivity index (χ4v) is 12.0. The molecular weight excluding hydrogens is 997 g/mol. The predicted molar refractivity (Wildman–Crippen MR) is 357 cm³/mol. The van der Waals surface area contributed by atoms with Gasteiger partial charge in [0.15, 0.2) is 0 Å². The van der Waals surface area contributed by atoms with Crippen LogP contribution in [0.5, 0.6) is 0 Å². The van der Waals surface area contributed by atoms with Gasteiger partial charge in [-0.1, -0.05) is 316 Å². The van der Waals surface area contributed by atoms with Crippen LogP contribution < -0.4 is 0 Å². The van der Waals surface area contributed by atoms with Gasteiger partial charge < -0.3 is 0 Å². The van der Waals surface area contributed by atoms with Crippen molar-refractivity contribution in [2.24, 2.45) is 11.8 Å². The lowest BCUT2D eigenvalue weighted by Crippen LogP contribution is -2.15. The van der Waals surface area contributed by atoms with Gasteiger partial charge in [0.05, 0.1) is 0 Å². The Morgan fingerprint density at radius 1 is 0.410 bits per heavy atom. The first-order chi connectivity index (χ1) is 40.7. The highest BCUT2D eigenvalue weighted by molar-refractivity contribution is 5.74. The van der Waals surface area contributed by atoms with Crippen LogP contribution in [-0.2, 0) is 12.8 Å². The third-order valence-electron chi connectivity index (χ3n) is 17.0. The highest BCUT2D eigenvalue weighted by Gasteiger charge is 2.26. The first kappa shape index (κ1) is 57.4. The van der Waals surface area contributed by atoms with E-state index in [0.29, 0.717) is 23.7 Å². The largest absolute Gasteiger partial charge is 0.0836 e. The Morgan fingerprint density at radius 2 is 0.964 bits per heavy atom. The van der Waals surface area contributed by atoms with E-state index in [4.69, 9.17) is 0 Å². The smallest absolute Gasteiger partial charge is 0.00612 e. The Labute approximate surface area is 497 Å². The maximum absolute atomic E-state index is 2.50. The average Bonchev–Trinajstić information content (AvgIpc) is 3.58. The van der Waals surface area contributed by atoms with E-state index in [1.54, 1.807) is 0 Å². The molecule has 0 fully saturated rings. The minimum atomic E-state index is 0.362. The Kier molecular flexibility index (Phi) is 19.5. The first-order valence-electron chi connectivity index (χ1n) is 30.1. The summed E-state index contributed by atoms with van der Waals surface area (Å²) in [5.74, 6) is 1.92. The second kappa shape index (κ2) is 28.2. The Hall–Kier alpha value is -8.84. The molecule has 0 nitrogen and oxygen atoms in total. The van der Waals surface area contributed by atoms with E-state index in [1.807, 2.05) is 0 Å². The second-order valence-electron chi connectivity index (χ2n) is 22.9. The summed E-state index contributed by atoms with van der Waals surface area (Å²) in [4.78, 5) is 0. The molecule has 0 spiro atoms. The fourth-order valence-electron chi connectivity index (χ4n) is 12.0. The zero-order chi connectivity index (χ0) is 57.3. The van der Waals surface area contributed by atoms with Gasteiger partial charge in [-0.05, 0) is 172 Å². The molecule has 0 saturated heterocycles. The highest BCUT2D eigenvalue weighted by atomic mass is 14.3. The highest BCUT2D eigenvalue weighted by Crippen LogP contribution is 2.43. The van der Waals surface area contributed by atoms with Crippen LogP contribution >= 0.6 is 0 Å². The van der Waals surface area contributed by atoms with Gasteiger partial charge in [-0.15, -0.1) is 0 Å². The molecule has 0 amide bonds. The van der Waals surface area contributed by atoms with Crippen molar-refractivity contribution in [1.82, 2.24) is 0 Å². The van der Waals surface area contributed by atoms with Gasteiger partial charge in [-0.25, -0.2) is 0 Å². The van der Waals surface area contributed by atoms with Gasteiger partial charge in [0.1, 0.15) is 0 Å². The third-order valence-corrected chi connectivity index (χ3v) is 17.0. The van der Waals surface area contributed by atoms with Crippen LogP contribution in [0.15, 0.2) is 297 Å². The second-order valence-corrected chi connectivity index (χ2v) is 22.9. The molecule has 12 rings (SSSR count). The quantitative estimate of drug-likeness (QED) is 0.102. The van der Waals surface area contributed by atoms with Crippen LogP contribution in [0.2, 0.25) is 0 Å². The summed E-state index contributed by atoms with van der Waals surface area (Å²) in [6.45, 7) is 13.4. The van der Waals surface area contributed by atoms with Crippen molar-refractivity contribution in [3.05, 3.63) is 358 Å². The molecule has 4 atom stereocenters. The minimum absolute atomic E-state index is 0.362. The van der Waals surface area contributed by atoms with Crippen molar-refractivity contribution in [3.8, 4) is 44.5 Å². The van der Waals surface area contributed by atoms with E-state index < -0.39 is 0 Å². The van der Waals surface area contributed by atoms with Gasteiger partial charge >= 0.3 is 0 Å². The summed E-state index contributed by atoms with van der Waals surface area (Å²) in [5, 5.41) is 0. The number of hydrogen-bond acceptors (Lipinski definition) is 0. The van der Waals surface area contributed by atoms with Crippen molar-refractivity contribution in [2.45, 2.75) is 85.5 Å². The average molecular weight is 1080 g/mol. The number of aryl methyl sites for hydroxylation is 4. The van der Waals surface area contributed by atoms with E-state index in [1.165, 1.54) is 111 Å². The van der Waals surface area contributed by atoms with Crippen molar-refractivity contribution in [1.29, 1.82) is 0 Å². The fraction of sp³-hybridized carbons (Fsp3) is 0.181. The van der Waals surface area contributed by atoms with E-state index in [0.717, 1.165) is 32.1 Å². The van der Waals surface area contributed by atoms with Gasteiger partial charge in [0.25, 0.3) is 0 Å². The molecule has 412 valence electrons. The topological polar surface area (TPSA) is 0 Å². The molecule has 2 aliphatic rings. The Bertz CT molecular complexity index is 3750. The van der Waals surface area contributed by atoms with Crippen LogP contribution in [-0.4, -0.2) is 0 Å². The summed E-state index contributed by atoms with van der Waals surface area (Å²) >= 11 is 0. The summed E-state index contributed by atoms with van der Waals surface area (Å²) in [6.07, 6.45) is 21.6. The molecule has 10 aromatic rings. The third kappa shape index (κ3) is 15.0. The van der Waals surface area contributed by atoms with Crippen LogP contribution in [0.1, 0.15) is 106 Å². The molecule has 0 aliphatic heterocycles. The van der Waals surface area contributed by atoms with Crippen molar-refractivity contribution >= 4 is 0 Å². The molecule has 10 aromatic carbocycles. The van der Waals surface area contributed by atoms with E-state index in [9.17, 15) is 0 Å². The Balaban J connectivity index is 0.000000151. The molecule has 0 aromatic heterocycles. The van der Waals surface area contributed by atoms with Gasteiger partial charge in [-0.3, -0.25) is 0 Å². The SMILES string of the molecule is CCC(c1ccc(C(C)c2ccccc2)cc1-c1ccccc1C)C1C=CC(C2C=CC=CC2)=CC1.Cc1ccc(-c2ccc(C)cc2)cc1.Cc1ccc(Cc2ccccc2)cc1-c1ccccc1Cc1ccc(-c2ccccc2)cc1. The standard InChI is InChI=1S/C36H38.C33H28.C14H14/c1-4-33(31-21-19-30(20-22-31)29-16-9-6-10-17-29)35-24-23-32(27(3)28-14-7-5-8-15-28)25-36(35)34-18-12-11-13-26(34)2;1-25-16-17-28(22-26-10-4-2-5-11-26)24-33(25)32-15-9-8-14-31(32)23-27-18-20-30(21-19-27)29-12-6-3-7-13-29;1-11-3-7-13(8-4-11)14-9-5-12(2)6-10-14/h5-16,18-21,23-25,27,29,31,33H,4,17,22H2,1-3H3;2-21,24H,22-23H2,1H3;3-10H,1-2H3. The van der Waals surface area contributed by atoms with E-state index >= 15 is 0 Å². The normalized spacial score (nSPS) is 15.0. The van der Waals surface area contributed by atoms with Crippen LogP contribution in [0.25, 0.3) is 44.5 Å². The Morgan fingerprint density at radius 3 is 1.58 bits per heavy atom. The molecule has 4 unspecified atom stereocenters. The minimum Gasteiger partial charge on any atom is -0.0836 e. The molecule has 0 N–H and O–H groups in total. The van der Waals surface area contributed by atoms with Crippen molar-refractivity contribution in [2.75, 3.05) is 0 Å². The van der Waals surface area contributed by atoms with Crippen molar-refractivity contribution in [3.63, 3.8) is 0 Å². The monoisotopic (exact) mass is 1080 g/mol. The summed E-state index contributed by atoms with van der Waals surface area (Å²) in [5.41, 5.74) is 26.9. The molecule has 83 heavy (non-hydrogen) atoms. The van der Waals surface area contributed by atoms with Gasteiger partial charge in [0, 0.05) is 11.8 Å². The summed E-state index contributed by atoms with van der Waals surface area (Å²) in [7, 11) is 0. The van der Waals surface area contributed by atoms with E-state index in [2.05, 4.69) is 333 Å². The number of hydrogen-bond donors (Lipinski definition) is 0. The summed E-state index contributed by atoms with van der Waals surface area (Å²) < 4.78 is 0. The lowest BCUT2D eigenvalue weighted by molar-refractivity contribution is 0.491. The summed E-state index contributed by atoms with van der Waals surface area (Å²) in [6, 6.07) is 90.3. The number of allylic oxidation sites excluding steroid dienone is 8. The molecule has 2 aliphatic carbocycles.